The van der Waals surface area contributed by atoms with E-state index in [-0.39, 0.29) is 16.7 Å². The van der Waals surface area contributed by atoms with Gasteiger partial charge in [0, 0.05) is 17.0 Å². The zero-order chi connectivity index (χ0) is 13.8. The first kappa shape index (κ1) is 13.6. The lowest BCUT2D eigenvalue weighted by molar-refractivity contribution is 0.458. The van der Waals surface area contributed by atoms with Gasteiger partial charge in [0.2, 0.25) is 0 Å². The summed E-state index contributed by atoms with van der Waals surface area (Å²) in [6.45, 7) is 0. The molecule has 0 unspecified atom stereocenters. The fourth-order valence-electron chi connectivity index (χ4n) is 1.55. The molecule has 3 N–H and O–H groups in total. The van der Waals surface area contributed by atoms with Crippen molar-refractivity contribution in [2.75, 3.05) is 0 Å². The number of rotatable bonds is 0. The van der Waals surface area contributed by atoms with Crippen molar-refractivity contribution in [3.05, 3.63) is 58.6 Å². The van der Waals surface area contributed by atoms with Crippen LogP contribution < -0.4 is 0 Å². The summed E-state index contributed by atoms with van der Waals surface area (Å²) < 4.78 is 0. The van der Waals surface area contributed by atoms with Crippen LogP contribution in [0.4, 0.5) is 0 Å². The van der Waals surface area contributed by atoms with Crippen molar-refractivity contribution in [3.8, 4) is 11.6 Å². The third-order valence-corrected chi connectivity index (χ3v) is 3.26. The average Bonchev–Trinajstić information content (AvgIpc) is 2.76. The van der Waals surface area contributed by atoms with Gasteiger partial charge in [-0.05, 0) is 18.2 Å². The molecule has 0 spiro atoms. The van der Waals surface area contributed by atoms with Crippen molar-refractivity contribution in [2.45, 2.75) is 0 Å². The van der Waals surface area contributed by atoms with E-state index in [4.69, 9.17) is 33.4 Å². The maximum Gasteiger partial charge on any atom is 0.189 e. The van der Waals surface area contributed by atoms with E-state index in [9.17, 15) is 0 Å². The molecule has 19 heavy (non-hydrogen) atoms. The highest BCUT2D eigenvalue weighted by molar-refractivity contribution is 6.42. The number of nitrogens with one attached hydrogen (secondary N) is 1. The molecule has 0 fully saturated rings. The second-order valence-corrected chi connectivity index (χ2v) is 4.60. The fraction of sp³-hybridized carbons (Fsp3) is 0. The van der Waals surface area contributed by atoms with E-state index in [1.807, 2.05) is 24.3 Å². The quantitative estimate of drug-likeness (QED) is 0.569. The lowest BCUT2D eigenvalue weighted by Crippen LogP contribution is -1.67. The molecule has 1 heterocycles. The highest BCUT2D eigenvalue weighted by atomic mass is 35.5. The lowest BCUT2D eigenvalue weighted by atomic mass is 10.3. The predicted octanol–water partition coefficient (Wildman–Crippen LogP) is 4.57. The van der Waals surface area contributed by atoms with Crippen LogP contribution in [0.1, 0.15) is 0 Å². The SMILES string of the molecule is Oc1cc2ccccc2[nH]1.Oc1cccc(Cl)c1Cl. The molecule has 0 aliphatic carbocycles. The zero-order valence-electron chi connectivity index (χ0n) is 9.77. The first-order chi connectivity index (χ1) is 9.08. The molecule has 0 radical (unpaired) electrons. The monoisotopic (exact) mass is 295 g/mol. The summed E-state index contributed by atoms with van der Waals surface area (Å²) in [5.74, 6) is 0.241. The molecule has 0 bridgehead atoms. The predicted molar refractivity (Wildman–Crippen MR) is 78.1 cm³/mol. The topological polar surface area (TPSA) is 56.2 Å². The highest BCUT2D eigenvalue weighted by Crippen LogP contribution is 2.29. The van der Waals surface area contributed by atoms with Gasteiger partial charge in [-0.3, -0.25) is 0 Å². The number of halogens is 2. The van der Waals surface area contributed by atoms with Gasteiger partial charge in [-0.15, -0.1) is 0 Å². The van der Waals surface area contributed by atoms with Gasteiger partial charge in [-0.1, -0.05) is 47.5 Å². The number of hydrogen-bond donors (Lipinski definition) is 3. The second-order valence-electron chi connectivity index (χ2n) is 3.81. The second kappa shape index (κ2) is 5.87. The molecule has 3 rings (SSSR count). The van der Waals surface area contributed by atoms with Gasteiger partial charge in [-0.25, -0.2) is 0 Å². The zero-order valence-corrected chi connectivity index (χ0v) is 11.3. The Bertz CT molecular complexity index is 641. The first-order valence-electron chi connectivity index (χ1n) is 5.47. The van der Waals surface area contributed by atoms with Crippen molar-refractivity contribution >= 4 is 34.1 Å². The van der Waals surface area contributed by atoms with Crippen LogP contribution in [-0.4, -0.2) is 15.2 Å². The van der Waals surface area contributed by atoms with Crippen molar-refractivity contribution < 1.29 is 10.2 Å². The van der Waals surface area contributed by atoms with Crippen LogP contribution >= 0.6 is 23.2 Å². The van der Waals surface area contributed by atoms with Gasteiger partial charge in [0.1, 0.15) is 10.8 Å². The maximum absolute atomic E-state index is 9.00. The Hall–Kier alpha value is -1.84. The molecule has 0 saturated heterocycles. The Balaban J connectivity index is 0.000000141. The van der Waals surface area contributed by atoms with Gasteiger partial charge in [-0.2, -0.15) is 0 Å². The number of H-pyrrole nitrogens is 1. The van der Waals surface area contributed by atoms with Crippen molar-refractivity contribution in [1.82, 2.24) is 4.98 Å². The largest absolute Gasteiger partial charge is 0.506 e. The number of para-hydroxylation sites is 1. The van der Waals surface area contributed by atoms with E-state index in [1.54, 1.807) is 18.2 Å². The third-order valence-electron chi connectivity index (χ3n) is 2.45. The molecule has 0 amide bonds. The Kier molecular flexibility index (Phi) is 4.20. The Morgan fingerprint density at radius 3 is 2.26 bits per heavy atom. The maximum atomic E-state index is 9.00. The summed E-state index contributed by atoms with van der Waals surface area (Å²) >= 11 is 11.0. The number of phenolic OH excluding ortho intramolecular Hbond substituents is 1. The Morgan fingerprint density at radius 2 is 1.63 bits per heavy atom. The van der Waals surface area contributed by atoms with Gasteiger partial charge >= 0.3 is 0 Å². The van der Waals surface area contributed by atoms with Crippen LogP contribution in [0.3, 0.4) is 0 Å². The molecule has 5 heteroatoms. The molecule has 1 aromatic heterocycles. The summed E-state index contributed by atoms with van der Waals surface area (Å²) in [4.78, 5) is 2.81. The van der Waals surface area contributed by atoms with Crippen LogP contribution in [0.25, 0.3) is 10.9 Å². The van der Waals surface area contributed by atoms with E-state index < -0.39 is 0 Å². The average molecular weight is 296 g/mol. The molecule has 3 nitrogen and oxygen atoms in total. The van der Waals surface area contributed by atoms with Gasteiger partial charge in [0.15, 0.2) is 5.88 Å². The number of fused-ring (bicyclic) bond motifs is 1. The van der Waals surface area contributed by atoms with Crippen LogP contribution in [0.15, 0.2) is 48.5 Å². The van der Waals surface area contributed by atoms with E-state index in [0.29, 0.717) is 5.02 Å². The lowest BCUT2D eigenvalue weighted by Gasteiger charge is -1.95. The van der Waals surface area contributed by atoms with E-state index in [2.05, 4.69) is 4.98 Å². The first-order valence-corrected chi connectivity index (χ1v) is 6.23. The van der Waals surface area contributed by atoms with E-state index >= 15 is 0 Å². The van der Waals surface area contributed by atoms with Gasteiger partial charge < -0.3 is 15.2 Å². The minimum atomic E-state index is 0.0177. The molecule has 2 aromatic carbocycles. The smallest absolute Gasteiger partial charge is 0.189 e. The molecule has 0 saturated carbocycles. The summed E-state index contributed by atoms with van der Waals surface area (Å²) in [6.07, 6.45) is 0. The molecule has 98 valence electrons. The molecule has 0 aliphatic rings. The summed E-state index contributed by atoms with van der Waals surface area (Å²) in [6, 6.07) is 14.2. The van der Waals surface area contributed by atoms with Crippen LogP contribution in [-0.2, 0) is 0 Å². The van der Waals surface area contributed by atoms with Crippen molar-refractivity contribution in [3.63, 3.8) is 0 Å². The minimum Gasteiger partial charge on any atom is -0.506 e. The number of phenols is 1. The molecular weight excluding hydrogens is 285 g/mol. The normalized spacial score (nSPS) is 10.0. The Morgan fingerprint density at radius 1 is 0.895 bits per heavy atom. The van der Waals surface area contributed by atoms with Gasteiger partial charge in [0.25, 0.3) is 0 Å². The van der Waals surface area contributed by atoms with E-state index in [0.717, 1.165) is 10.9 Å². The third kappa shape index (κ3) is 3.34. The number of aromatic hydroxyl groups is 2. The van der Waals surface area contributed by atoms with Crippen molar-refractivity contribution in [2.24, 2.45) is 0 Å². The summed E-state index contributed by atoms with van der Waals surface area (Å²) in [5, 5.41) is 19.5. The molecule has 3 aromatic rings. The Labute approximate surface area is 120 Å². The van der Waals surface area contributed by atoms with E-state index in [1.165, 1.54) is 6.07 Å². The number of hydrogen-bond acceptors (Lipinski definition) is 2. The number of aromatic amines is 1. The molecular formula is C14H11Cl2NO2. The summed E-state index contributed by atoms with van der Waals surface area (Å²) in [7, 11) is 0. The fourth-order valence-corrected chi connectivity index (χ4v) is 1.85. The van der Waals surface area contributed by atoms with Crippen molar-refractivity contribution in [1.29, 1.82) is 0 Å². The van der Waals surface area contributed by atoms with Gasteiger partial charge in [0.05, 0.1) is 5.02 Å². The van der Waals surface area contributed by atoms with Crippen LogP contribution in [0.5, 0.6) is 11.6 Å². The number of aromatic nitrogens is 1. The summed E-state index contributed by atoms with van der Waals surface area (Å²) in [5.41, 5.74) is 0.972. The standard InChI is InChI=1S/C8H7NO.C6H4Cl2O/c10-8-5-6-3-1-2-4-7(6)9-8;7-4-2-1-3-5(9)6(4)8/h1-5,9-10H;1-3,9H. The van der Waals surface area contributed by atoms with Crippen LogP contribution in [0, 0.1) is 0 Å². The molecule has 0 aliphatic heterocycles. The highest BCUT2D eigenvalue weighted by Gasteiger charge is 1.99. The molecule has 0 atom stereocenters. The minimum absolute atomic E-state index is 0.0177. The number of benzene rings is 2. The van der Waals surface area contributed by atoms with Crippen LogP contribution in [0.2, 0.25) is 10.0 Å².